The maximum Gasteiger partial charge on any atom is 0.232 e. The fraction of sp³-hybridized carbons (Fsp3) is 0.381. The Morgan fingerprint density at radius 1 is 1.33 bits per heavy atom. The number of nitrogens with zero attached hydrogens (tertiary/aromatic N) is 1. The number of Topliss-reactive ketones (excluding diaryl/α,β-unsaturated/α-hetero) is 1. The molecule has 0 aliphatic carbocycles. The van der Waals surface area contributed by atoms with Gasteiger partial charge in [0.15, 0.2) is 5.76 Å². The average molecular weight is 383 g/mol. The third kappa shape index (κ3) is 3.08. The Kier molecular flexibility index (Phi) is 4.27. The van der Waals surface area contributed by atoms with Crippen LogP contribution in [-0.2, 0) is 11.3 Å². The normalized spacial score (nSPS) is 23.2. The third-order valence-electron chi connectivity index (χ3n) is 5.33. The Hall–Kier alpha value is -2.15. The Balaban J connectivity index is 1.42. The Labute approximate surface area is 162 Å². The van der Waals surface area contributed by atoms with Crippen molar-refractivity contribution in [2.75, 3.05) is 19.9 Å². The number of thiophene rings is 1. The van der Waals surface area contributed by atoms with Crippen LogP contribution in [0.4, 0.5) is 0 Å². The number of benzene rings is 1. The molecule has 1 saturated heterocycles. The van der Waals surface area contributed by atoms with Crippen molar-refractivity contribution in [2.45, 2.75) is 32.4 Å². The highest BCUT2D eigenvalue weighted by Crippen LogP contribution is 2.42. The molecule has 1 atom stereocenters. The van der Waals surface area contributed by atoms with E-state index in [4.69, 9.17) is 14.2 Å². The first-order chi connectivity index (χ1) is 13.2. The van der Waals surface area contributed by atoms with Crippen molar-refractivity contribution in [3.05, 3.63) is 50.9 Å². The first-order valence-corrected chi connectivity index (χ1v) is 10.2. The van der Waals surface area contributed by atoms with Crippen molar-refractivity contribution in [2.24, 2.45) is 0 Å². The van der Waals surface area contributed by atoms with E-state index in [9.17, 15) is 4.79 Å². The van der Waals surface area contributed by atoms with Crippen LogP contribution in [0.25, 0.3) is 6.08 Å². The van der Waals surface area contributed by atoms with Gasteiger partial charge in [-0.25, -0.2) is 0 Å². The number of aryl methyl sites for hydroxylation is 1. The molecule has 0 bridgehead atoms. The van der Waals surface area contributed by atoms with E-state index in [1.54, 1.807) is 11.3 Å². The molecule has 2 aromatic rings. The molecule has 1 aromatic carbocycles. The summed E-state index contributed by atoms with van der Waals surface area (Å²) in [5.41, 5.74) is 2.72. The molecule has 5 rings (SSSR count). The molecule has 6 heteroatoms. The summed E-state index contributed by atoms with van der Waals surface area (Å²) in [7, 11) is 0. The monoisotopic (exact) mass is 383 g/mol. The molecule has 27 heavy (non-hydrogen) atoms. The number of carbonyl (C=O) groups excluding carboxylic acids is 1. The molecule has 4 heterocycles. The molecule has 3 aliphatic rings. The van der Waals surface area contributed by atoms with Gasteiger partial charge in [-0.2, -0.15) is 0 Å². The third-order valence-corrected chi connectivity index (χ3v) is 6.30. The van der Waals surface area contributed by atoms with Gasteiger partial charge in [0.05, 0.1) is 17.2 Å². The van der Waals surface area contributed by atoms with Gasteiger partial charge in [0.2, 0.25) is 5.78 Å². The van der Waals surface area contributed by atoms with Crippen LogP contribution in [0.5, 0.6) is 11.5 Å². The smallest absolute Gasteiger partial charge is 0.232 e. The SMILES string of the molecule is Cc1ccsc1/C=C1\Oc2c(ccc3c2CN(CC2CCCO2)CO3)C1=O. The Morgan fingerprint density at radius 2 is 2.26 bits per heavy atom. The largest absolute Gasteiger partial charge is 0.478 e. The minimum absolute atomic E-state index is 0.0585. The highest BCUT2D eigenvalue weighted by molar-refractivity contribution is 7.11. The second-order valence-electron chi connectivity index (χ2n) is 7.25. The van der Waals surface area contributed by atoms with Crippen LogP contribution in [0.3, 0.4) is 0 Å². The lowest BCUT2D eigenvalue weighted by atomic mass is 10.0. The zero-order valence-electron chi connectivity index (χ0n) is 15.2. The van der Waals surface area contributed by atoms with Crippen LogP contribution >= 0.6 is 11.3 Å². The van der Waals surface area contributed by atoms with Crippen molar-refractivity contribution in [1.82, 2.24) is 4.90 Å². The molecule has 140 valence electrons. The van der Waals surface area contributed by atoms with Crippen LogP contribution in [0.1, 0.15) is 39.2 Å². The number of hydrogen-bond acceptors (Lipinski definition) is 6. The van der Waals surface area contributed by atoms with Gasteiger partial charge in [0.25, 0.3) is 0 Å². The summed E-state index contributed by atoms with van der Waals surface area (Å²) in [5, 5.41) is 2.02. The Morgan fingerprint density at radius 3 is 3.04 bits per heavy atom. The molecule has 0 amide bonds. The van der Waals surface area contributed by atoms with Crippen LogP contribution in [0.2, 0.25) is 0 Å². The number of carbonyl (C=O) groups is 1. The maximum atomic E-state index is 12.8. The first kappa shape index (κ1) is 17.0. The van der Waals surface area contributed by atoms with Gasteiger partial charge in [-0.3, -0.25) is 9.69 Å². The lowest BCUT2D eigenvalue weighted by Crippen LogP contribution is -2.37. The van der Waals surface area contributed by atoms with E-state index in [-0.39, 0.29) is 11.9 Å². The van der Waals surface area contributed by atoms with Crippen molar-refractivity contribution < 1.29 is 19.0 Å². The van der Waals surface area contributed by atoms with Gasteiger partial charge < -0.3 is 14.2 Å². The summed E-state index contributed by atoms with van der Waals surface area (Å²) in [6.07, 6.45) is 4.34. The van der Waals surface area contributed by atoms with E-state index < -0.39 is 0 Å². The van der Waals surface area contributed by atoms with Gasteiger partial charge >= 0.3 is 0 Å². The van der Waals surface area contributed by atoms with Gasteiger partial charge in [0.1, 0.15) is 18.2 Å². The Bertz CT molecular complexity index is 926. The fourth-order valence-electron chi connectivity index (χ4n) is 3.85. The second-order valence-corrected chi connectivity index (χ2v) is 8.19. The summed E-state index contributed by atoms with van der Waals surface area (Å²) in [4.78, 5) is 16.1. The number of allylic oxidation sites excluding steroid dienone is 1. The molecule has 0 radical (unpaired) electrons. The van der Waals surface area contributed by atoms with E-state index >= 15 is 0 Å². The summed E-state index contributed by atoms with van der Waals surface area (Å²) in [6.45, 7) is 4.97. The number of rotatable bonds is 3. The van der Waals surface area contributed by atoms with E-state index in [2.05, 4.69) is 4.90 Å². The van der Waals surface area contributed by atoms with E-state index in [0.717, 1.165) is 47.7 Å². The molecule has 1 aromatic heterocycles. The van der Waals surface area contributed by atoms with Crippen molar-refractivity contribution in [3.63, 3.8) is 0 Å². The second kappa shape index (κ2) is 6.78. The first-order valence-electron chi connectivity index (χ1n) is 9.30. The number of ether oxygens (including phenoxy) is 3. The summed E-state index contributed by atoms with van der Waals surface area (Å²) >= 11 is 1.61. The van der Waals surface area contributed by atoms with Crippen LogP contribution in [-0.4, -0.2) is 36.7 Å². The minimum atomic E-state index is -0.0585. The highest BCUT2D eigenvalue weighted by Gasteiger charge is 2.34. The molecule has 0 N–H and O–H groups in total. The minimum Gasteiger partial charge on any atom is -0.478 e. The van der Waals surface area contributed by atoms with Crippen LogP contribution in [0.15, 0.2) is 29.3 Å². The van der Waals surface area contributed by atoms with Crippen molar-refractivity contribution in [3.8, 4) is 11.5 Å². The number of hydrogen-bond donors (Lipinski definition) is 0. The van der Waals surface area contributed by atoms with Gasteiger partial charge in [-0.1, -0.05) is 0 Å². The summed E-state index contributed by atoms with van der Waals surface area (Å²) < 4.78 is 17.7. The van der Waals surface area contributed by atoms with E-state index in [0.29, 0.717) is 30.3 Å². The topological polar surface area (TPSA) is 48.0 Å². The van der Waals surface area contributed by atoms with Gasteiger partial charge in [-0.15, -0.1) is 11.3 Å². The lowest BCUT2D eigenvalue weighted by Gasteiger charge is -2.31. The number of fused-ring (bicyclic) bond motifs is 3. The lowest BCUT2D eigenvalue weighted by molar-refractivity contribution is 0.0274. The van der Waals surface area contributed by atoms with E-state index in [1.807, 2.05) is 36.6 Å². The van der Waals surface area contributed by atoms with Crippen molar-refractivity contribution >= 4 is 23.2 Å². The van der Waals surface area contributed by atoms with Crippen LogP contribution in [0, 0.1) is 6.92 Å². The van der Waals surface area contributed by atoms with Gasteiger partial charge in [0, 0.05) is 30.6 Å². The van der Waals surface area contributed by atoms with E-state index in [1.165, 1.54) is 0 Å². The maximum absolute atomic E-state index is 12.8. The molecule has 5 nitrogen and oxygen atoms in total. The predicted molar refractivity (Wildman–Crippen MR) is 103 cm³/mol. The summed E-state index contributed by atoms with van der Waals surface area (Å²) in [5.74, 6) is 1.78. The zero-order chi connectivity index (χ0) is 18.4. The zero-order valence-corrected chi connectivity index (χ0v) is 16.0. The standard InChI is InChI=1S/C21H21NO4S/c1-13-6-8-27-19(13)9-18-20(23)15-4-5-17-16(21(15)26-18)11-22(12-25-17)10-14-3-2-7-24-14/h4-6,8-9,14H,2-3,7,10-12H2,1H3/b18-9-. The highest BCUT2D eigenvalue weighted by atomic mass is 32.1. The quantitative estimate of drug-likeness (QED) is 0.750. The predicted octanol–water partition coefficient (Wildman–Crippen LogP) is 4.00. The van der Waals surface area contributed by atoms with Crippen LogP contribution < -0.4 is 9.47 Å². The average Bonchev–Trinajstić information content (AvgIpc) is 3.39. The molecular weight excluding hydrogens is 362 g/mol. The van der Waals surface area contributed by atoms with Crippen molar-refractivity contribution in [1.29, 1.82) is 0 Å². The molecule has 3 aliphatic heterocycles. The molecular formula is C21H21NO4S. The molecule has 0 spiro atoms. The molecule has 1 fully saturated rings. The molecule has 1 unspecified atom stereocenters. The van der Waals surface area contributed by atoms with Gasteiger partial charge in [-0.05, 0) is 48.9 Å². The molecule has 0 saturated carbocycles. The summed E-state index contributed by atoms with van der Waals surface area (Å²) in [6, 6.07) is 5.74. The fourth-order valence-corrected chi connectivity index (χ4v) is 4.70. The number of ketones is 1.